The van der Waals surface area contributed by atoms with Gasteiger partial charge in [-0.1, -0.05) is 17.7 Å². The van der Waals surface area contributed by atoms with Gasteiger partial charge in [-0.25, -0.2) is 13.8 Å². The Morgan fingerprint density at radius 1 is 1.31 bits per heavy atom. The van der Waals surface area contributed by atoms with Crippen molar-refractivity contribution in [3.8, 4) is 0 Å². The molecule has 1 aliphatic heterocycles. The van der Waals surface area contributed by atoms with E-state index in [1.54, 1.807) is 19.2 Å². The van der Waals surface area contributed by atoms with Crippen molar-refractivity contribution in [1.29, 1.82) is 0 Å². The van der Waals surface area contributed by atoms with Crippen molar-refractivity contribution in [3.05, 3.63) is 64.4 Å². The zero-order chi connectivity index (χ0) is 22.8. The number of ether oxygens (including phenoxy) is 1. The van der Waals surface area contributed by atoms with Crippen LogP contribution < -0.4 is 5.32 Å². The number of H-pyrrole nitrogens is 1. The lowest BCUT2D eigenvalue weighted by Gasteiger charge is -2.32. The Morgan fingerprint density at radius 2 is 2.09 bits per heavy atom. The van der Waals surface area contributed by atoms with Crippen molar-refractivity contribution >= 4 is 34.4 Å². The third-order valence-electron chi connectivity index (χ3n) is 5.34. The molecule has 0 saturated carbocycles. The molecule has 4 rings (SSSR count). The molecule has 1 aromatic carbocycles. The Morgan fingerprint density at radius 3 is 2.78 bits per heavy atom. The minimum Gasteiger partial charge on any atom is -0.381 e. The number of benzene rings is 1. The van der Waals surface area contributed by atoms with E-state index in [0.29, 0.717) is 35.8 Å². The summed E-state index contributed by atoms with van der Waals surface area (Å²) in [5, 5.41) is 3.73. The Balaban J connectivity index is 1.56. The smallest absolute Gasteiger partial charge is 0.268 e. The third kappa shape index (κ3) is 4.89. The Hall–Kier alpha value is -3.04. The van der Waals surface area contributed by atoms with Gasteiger partial charge in [0.2, 0.25) is 5.91 Å². The minimum absolute atomic E-state index is 0.121. The predicted octanol–water partition coefficient (Wildman–Crippen LogP) is 2.94. The van der Waals surface area contributed by atoms with Gasteiger partial charge in [0.05, 0.1) is 18.2 Å². The molecule has 10 heteroatoms. The molecule has 3 aromatic rings. The average molecular weight is 463 g/mol. The summed E-state index contributed by atoms with van der Waals surface area (Å²) in [5.41, 5.74) is 0.770. The first-order valence-corrected chi connectivity index (χ1v) is 10.4. The number of aromatic nitrogens is 2. The highest BCUT2D eigenvalue weighted by atomic mass is 35.5. The molecule has 3 heterocycles. The summed E-state index contributed by atoms with van der Waals surface area (Å²) in [7, 11) is 1.62. The van der Waals surface area contributed by atoms with Gasteiger partial charge in [-0.15, -0.1) is 0 Å². The predicted molar refractivity (Wildman–Crippen MR) is 114 cm³/mol. The minimum atomic E-state index is -1.06. The van der Waals surface area contributed by atoms with Crippen LogP contribution in [0.3, 0.4) is 0 Å². The second kappa shape index (κ2) is 9.22. The second-order valence-corrected chi connectivity index (χ2v) is 8.30. The normalized spacial score (nSPS) is 14.8. The van der Waals surface area contributed by atoms with Crippen molar-refractivity contribution in [2.24, 2.45) is 5.92 Å². The third-order valence-corrected chi connectivity index (χ3v) is 5.55. The molecule has 2 amide bonds. The van der Waals surface area contributed by atoms with Crippen LogP contribution in [0.4, 0.5) is 8.78 Å². The van der Waals surface area contributed by atoms with E-state index in [9.17, 15) is 18.4 Å². The number of amides is 2. The maximum atomic E-state index is 14.3. The molecule has 0 spiro atoms. The molecule has 1 atom stereocenters. The summed E-state index contributed by atoms with van der Waals surface area (Å²) in [6.07, 6.45) is 1.32. The Labute approximate surface area is 187 Å². The molecule has 0 bridgehead atoms. The number of carbonyl (C=O) groups is 2. The SMILES string of the molecule is CN(CC1COC1)C(=O)[C@H](Cc1ccc(F)cc1F)NC(=O)c1cc2cc(Cl)cnc2[nH]1. The number of halogens is 3. The van der Waals surface area contributed by atoms with E-state index >= 15 is 0 Å². The van der Waals surface area contributed by atoms with Gasteiger partial charge in [0.15, 0.2) is 0 Å². The summed E-state index contributed by atoms with van der Waals surface area (Å²) < 4.78 is 32.7. The van der Waals surface area contributed by atoms with Crippen LogP contribution >= 0.6 is 11.6 Å². The van der Waals surface area contributed by atoms with Gasteiger partial charge in [-0.05, 0) is 23.8 Å². The summed E-state index contributed by atoms with van der Waals surface area (Å²) in [6, 6.07) is 5.30. The van der Waals surface area contributed by atoms with Crippen LogP contribution in [0, 0.1) is 17.6 Å². The fourth-order valence-corrected chi connectivity index (χ4v) is 3.75. The van der Waals surface area contributed by atoms with Crippen LogP contribution in [0.5, 0.6) is 0 Å². The number of likely N-dealkylation sites (N-methyl/N-ethyl adjacent to an activating group) is 1. The molecule has 32 heavy (non-hydrogen) atoms. The molecular formula is C22H21ClF2N4O3. The van der Waals surface area contributed by atoms with E-state index in [-0.39, 0.29) is 29.5 Å². The van der Waals surface area contributed by atoms with Crippen LogP contribution in [0.15, 0.2) is 36.5 Å². The van der Waals surface area contributed by atoms with E-state index in [0.717, 1.165) is 12.1 Å². The molecule has 168 valence electrons. The van der Waals surface area contributed by atoms with Gasteiger partial charge in [0.25, 0.3) is 5.91 Å². The lowest BCUT2D eigenvalue weighted by Crippen LogP contribution is -2.51. The molecule has 1 saturated heterocycles. The molecule has 1 aliphatic rings. The maximum absolute atomic E-state index is 14.3. The van der Waals surface area contributed by atoms with Crippen LogP contribution in [0.2, 0.25) is 5.02 Å². The van der Waals surface area contributed by atoms with Crippen LogP contribution in [-0.2, 0) is 16.0 Å². The van der Waals surface area contributed by atoms with Gasteiger partial charge in [0, 0.05) is 43.6 Å². The van der Waals surface area contributed by atoms with E-state index < -0.39 is 23.6 Å². The molecule has 0 aliphatic carbocycles. The Kier molecular flexibility index (Phi) is 6.38. The highest BCUT2D eigenvalue weighted by molar-refractivity contribution is 6.31. The fraction of sp³-hybridized carbons (Fsp3) is 0.318. The molecule has 2 N–H and O–H groups in total. The van der Waals surface area contributed by atoms with Crippen LogP contribution in [0.1, 0.15) is 16.1 Å². The average Bonchev–Trinajstić information content (AvgIpc) is 3.14. The Bertz CT molecular complexity index is 1170. The number of carbonyl (C=O) groups excluding carboxylic acids is 2. The van der Waals surface area contributed by atoms with Crippen LogP contribution in [0.25, 0.3) is 11.0 Å². The van der Waals surface area contributed by atoms with Crippen molar-refractivity contribution in [2.45, 2.75) is 12.5 Å². The van der Waals surface area contributed by atoms with E-state index in [1.807, 2.05) is 0 Å². The quantitative estimate of drug-likeness (QED) is 0.565. The van der Waals surface area contributed by atoms with Gasteiger partial charge < -0.3 is 19.9 Å². The number of hydrogen-bond acceptors (Lipinski definition) is 4. The first kappa shape index (κ1) is 22.2. The molecular weight excluding hydrogens is 442 g/mol. The zero-order valence-corrected chi connectivity index (χ0v) is 18.0. The molecule has 0 radical (unpaired) electrons. The number of pyridine rings is 1. The first-order chi connectivity index (χ1) is 15.3. The monoisotopic (exact) mass is 462 g/mol. The highest BCUT2D eigenvalue weighted by Crippen LogP contribution is 2.19. The number of aromatic amines is 1. The standard InChI is InChI=1S/C22H21ClF2N4O3/c1-29(9-12-10-32-11-12)22(31)19(5-13-2-3-16(24)7-17(13)25)28-21(30)18-6-14-4-15(23)8-26-20(14)27-18/h2-4,6-8,12,19H,5,9-11H2,1H3,(H,26,27)(H,28,30)/t19-/m0/s1. The summed E-state index contributed by atoms with van der Waals surface area (Å²) in [5.74, 6) is -2.22. The van der Waals surface area contributed by atoms with Crippen molar-refractivity contribution in [1.82, 2.24) is 20.2 Å². The largest absolute Gasteiger partial charge is 0.381 e. The molecule has 0 unspecified atom stereocenters. The zero-order valence-electron chi connectivity index (χ0n) is 17.2. The van der Waals surface area contributed by atoms with Gasteiger partial charge in [-0.2, -0.15) is 0 Å². The second-order valence-electron chi connectivity index (χ2n) is 7.86. The topological polar surface area (TPSA) is 87.3 Å². The molecule has 2 aromatic heterocycles. The highest BCUT2D eigenvalue weighted by Gasteiger charge is 2.29. The van der Waals surface area contributed by atoms with Gasteiger partial charge in [-0.3, -0.25) is 9.59 Å². The van der Waals surface area contributed by atoms with E-state index in [2.05, 4.69) is 15.3 Å². The summed E-state index contributed by atoms with van der Waals surface area (Å²) in [4.78, 5) is 34.5. The number of rotatable bonds is 7. The number of nitrogens with zero attached hydrogens (tertiary/aromatic N) is 2. The van der Waals surface area contributed by atoms with Crippen molar-refractivity contribution in [3.63, 3.8) is 0 Å². The fourth-order valence-electron chi connectivity index (χ4n) is 3.59. The summed E-state index contributed by atoms with van der Waals surface area (Å²) >= 11 is 5.94. The number of fused-ring (bicyclic) bond motifs is 1. The number of hydrogen-bond donors (Lipinski definition) is 2. The molecule has 7 nitrogen and oxygen atoms in total. The van der Waals surface area contributed by atoms with E-state index in [4.69, 9.17) is 16.3 Å². The van der Waals surface area contributed by atoms with Crippen molar-refractivity contribution in [2.75, 3.05) is 26.8 Å². The van der Waals surface area contributed by atoms with Crippen molar-refractivity contribution < 1.29 is 23.1 Å². The van der Waals surface area contributed by atoms with E-state index in [1.165, 1.54) is 17.2 Å². The van der Waals surface area contributed by atoms with Crippen LogP contribution in [-0.4, -0.2) is 59.5 Å². The molecule has 1 fully saturated rings. The van der Waals surface area contributed by atoms with Gasteiger partial charge in [0.1, 0.15) is 29.0 Å². The lowest BCUT2D eigenvalue weighted by atomic mass is 10.0. The lowest BCUT2D eigenvalue weighted by molar-refractivity contribution is -0.135. The van der Waals surface area contributed by atoms with Gasteiger partial charge >= 0.3 is 0 Å². The maximum Gasteiger partial charge on any atom is 0.268 e. The number of nitrogens with one attached hydrogen (secondary N) is 2. The first-order valence-electron chi connectivity index (χ1n) is 10.0. The summed E-state index contributed by atoms with van der Waals surface area (Å²) in [6.45, 7) is 1.57.